The van der Waals surface area contributed by atoms with Crippen LogP contribution >= 0.6 is 23.1 Å². The van der Waals surface area contributed by atoms with Crippen LogP contribution in [0.25, 0.3) is 0 Å². The Morgan fingerprint density at radius 1 is 1.08 bits per heavy atom. The van der Waals surface area contributed by atoms with E-state index in [9.17, 15) is 13.6 Å². The zero-order chi connectivity index (χ0) is 18.5. The van der Waals surface area contributed by atoms with Crippen LogP contribution in [-0.2, 0) is 4.79 Å². The average molecular weight is 392 g/mol. The molecular formula is C17H14F2N4OS2. The van der Waals surface area contributed by atoms with Gasteiger partial charge in [0.05, 0.1) is 5.25 Å². The van der Waals surface area contributed by atoms with Gasteiger partial charge in [-0.3, -0.25) is 4.79 Å². The third kappa shape index (κ3) is 4.99. The highest BCUT2D eigenvalue weighted by Gasteiger charge is 2.17. The van der Waals surface area contributed by atoms with Gasteiger partial charge in [-0.1, -0.05) is 29.2 Å². The Kier molecular flexibility index (Phi) is 5.79. The molecule has 134 valence electrons. The molecule has 3 aromatic rings. The van der Waals surface area contributed by atoms with Crippen molar-refractivity contribution in [2.75, 3.05) is 10.6 Å². The Bertz CT molecular complexity index is 902. The van der Waals surface area contributed by atoms with Gasteiger partial charge in [-0.15, -0.1) is 10.2 Å². The highest BCUT2D eigenvalue weighted by atomic mass is 32.2. The molecule has 1 atom stereocenters. The summed E-state index contributed by atoms with van der Waals surface area (Å²) in [6.45, 7) is 1.74. The number of nitrogens with zero attached hydrogens (tertiary/aromatic N) is 2. The number of rotatable bonds is 6. The van der Waals surface area contributed by atoms with Crippen molar-refractivity contribution < 1.29 is 13.6 Å². The quantitative estimate of drug-likeness (QED) is 0.596. The van der Waals surface area contributed by atoms with Gasteiger partial charge in [0, 0.05) is 11.4 Å². The minimum Gasteiger partial charge on any atom is -0.330 e. The van der Waals surface area contributed by atoms with Crippen LogP contribution in [0.2, 0.25) is 0 Å². The molecule has 9 heteroatoms. The summed E-state index contributed by atoms with van der Waals surface area (Å²) in [6.07, 6.45) is 0. The van der Waals surface area contributed by atoms with Gasteiger partial charge in [-0.25, -0.2) is 8.78 Å². The first-order valence-electron chi connectivity index (χ1n) is 7.59. The van der Waals surface area contributed by atoms with E-state index in [2.05, 4.69) is 20.8 Å². The Morgan fingerprint density at radius 2 is 1.85 bits per heavy atom. The first-order chi connectivity index (χ1) is 12.5. The number of hydrogen-bond acceptors (Lipinski definition) is 6. The number of halogens is 2. The van der Waals surface area contributed by atoms with Gasteiger partial charge in [0.1, 0.15) is 11.6 Å². The molecule has 5 nitrogen and oxygen atoms in total. The van der Waals surface area contributed by atoms with Gasteiger partial charge >= 0.3 is 0 Å². The molecule has 1 amide bonds. The maximum atomic E-state index is 13.2. The minimum atomic E-state index is -0.421. The van der Waals surface area contributed by atoms with E-state index in [4.69, 9.17) is 0 Å². The molecular weight excluding hydrogens is 378 g/mol. The molecule has 0 fully saturated rings. The molecule has 1 heterocycles. The van der Waals surface area contributed by atoms with Gasteiger partial charge in [0.2, 0.25) is 11.0 Å². The molecule has 0 saturated heterocycles. The average Bonchev–Trinajstić information content (AvgIpc) is 3.03. The van der Waals surface area contributed by atoms with Crippen molar-refractivity contribution in [3.05, 3.63) is 60.2 Å². The fourth-order valence-corrected chi connectivity index (χ4v) is 3.90. The fraction of sp³-hybridized carbons (Fsp3) is 0.118. The van der Waals surface area contributed by atoms with Crippen LogP contribution < -0.4 is 10.6 Å². The second-order valence-corrected chi connectivity index (χ2v) is 7.83. The summed E-state index contributed by atoms with van der Waals surface area (Å²) in [7, 11) is 0. The lowest BCUT2D eigenvalue weighted by Crippen LogP contribution is -2.22. The predicted octanol–water partition coefficient (Wildman–Crippen LogP) is 4.68. The Hall–Kier alpha value is -2.52. The van der Waals surface area contributed by atoms with Crippen molar-refractivity contribution in [1.29, 1.82) is 0 Å². The summed E-state index contributed by atoms with van der Waals surface area (Å²) >= 11 is 2.52. The van der Waals surface area contributed by atoms with Crippen LogP contribution in [-0.4, -0.2) is 21.4 Å². The van der Waals surface area contributed by atoms with Gasteiger partial charge < -0.3 is 10.6 Å². The summed E-state index contributed by atoms with van der Waals surface area (Å²) in [6, 6.07) is 11.6. The summed E-state index contributed by atoms with van der Waals surface area (Å²) < 4.78 is 26.7. The SMILES string of the molecule is C[C@H](Sc1nnc(Nc2cccc(F)c2)s1)C(=O)Nc1ccc(F)cc1. The Labute approximate surface area is 156 Å². The van der Waals surface area contributed by atoms with E-state index >= 15 is 0 Å². The maximum absolute atomic E-state index is 13.2. The number of anilines is 3. The zero-order valence-electron chi connectivity index (χ0n) is 13.6. The summed E-state index contributed by atoms with van der Waals surface area (Å²) in [5, 5.41) is 13.8. The van der Waals surface area contributed by atoms with Gasteiger partial charge in [-0.2, -0.15) is 0 Å². The molecule has 0 aliphatic rings. The van der Waals surface area contributed by atoms with E-state index in [0.29, 0.717) is 20.8 Å². The van der Waals surface area contributed by atoms with Crippen LogP contribution in [0.1, 0.15) is 6.92 Å². The molecule has 0 aliphatic carbocycles. The van der Waals surface area contributed by atoms with Crippen molar-refractivity contribution in [2.24, 2.45) is 0 Å². The number of carbonyl (C=O) groups is 1. The molecule has 0 unspecified atom stereocenters. The second kappa shape index (κ2) is 8.24. The molecule has 2 N–H and O–H groups in total. The van der Waals surface area contributed by atoms with Gasteiger partial charge in [-0.05, 0) is 49.4 Å². The number of amides is 1. The molecule has 0 aliphatic heterocycles. The number of thioether (sulfide) groups is 1. The van der Waals surface area contributed by atoms with Crippen LogP contribution in [0, 0.1) is 11.6 Å². The number of benzene rings is 2. The zero-order valence-corrected chi connectivity index (χ0v) is 15.2. The largest absolute Gasteiger partial charge is 0.330 e. The van der Waals surface area contributed by atoms with E-state index in [0.717, 1.165) is 0 Å². The normalized spacial score (nSPS) is 11.8. The van der Waals surface area contributed by atoms with Crippen LogP contribution in [0.5, 0.6) is 0 Å². The highest BCUT2D eigenvalue weighted by Crippen LogP contribution is 2.31. The standard InChI is InChI=1S/C17H14F2N4OS2/c1-10(15(24)20-13-7-5-11(18)6-8-13)25-17-23-22-16(26-17)21-14-4-2-3-12(19)9-14/h2-10H,1H3,(H,20,24)(H,21,22)/t10-/m0/s1. The minimum absolute atomic E-state index is 0.226. The number of nitrogens with one attached hydrogen (secondary N) is 2. The summed E-state index contributed by atoms with van der Waals surface area (Å²) in [5.41, 5.74) is 1.09. The van der Waals surface area contributed by atoms with Crippen molar-refractivity contribution in [2.45, 2.75) is 16.5 Å². The predicted molar refractivity (Wildman–Crippen MR) is 99.9 cm³/mol. The van der Waals surface area contributed by atoms with E-state index in [-0.39, 0.29) is 17.5 Å². The molecule has 0 saturated carbocycles. The fourth-order valence-electron chi connectivity index (χ4n) is 1.98. The molecule has 3 rings (SSSR count). The summed E-state index contributed by atoms with van der Waals surface area (Å²) in [5.74, 6) is -0.936. The molecule has 1 aromatic heterocycles. The molecule has 0 bridgehead atoms. The lowest BCUT2D eigenvalue weighted by molar-refractivity contribution is -0.115. The lowest BCUT2D eigenvalue weighted by atomic mass is 10.3. The molecule has 0 radical (unpaired) electrons. The number of hydrogen-bond donors (Lipinski definition) is 2. The second-order valence-electron chi connectivity index (χ2n) is 5.26. The monoisotopic (exact) mass is 392 g/mol. The number of aromatic nitrogens is 2. The van der Waals surface area contributed by atoms with Crippen molar-refractivity contribution in [3.63, 3.8) is 0 Å². The Balaban J connectivity index is 1.57. The molecule has 0 spiro atoms. The smallest absolute Gasteiger partial charge is 0.237 e. The van der Waals surface area contributed by atoms with Crippen LogP contribution in [0.4, 0.5) is 25.3 Å². The number of carbonyl (C=O) groups excluding carboxylic acids is 1. The molecule has 26 heavy (non-hydrogen) atoms. The van der Waals surface area contributed by atoms with Gasteiger partial charge in [0.15, 0.2) is 4.34 Å². The van der Waals surface area contributed by atoms with E-state index in [1.54, 1.807) is 19.1 Å². The summed E-state index contributed by atoms with van der Waals surface area (Å²) in [4.78, 5) is 12.2. The van der Waals surface area contributed by atoms with Crippen LogP contribution in [0.15, 0.2) is 52.9 Å². The van der Waals surface area contributed by atoms with Crippen molar-refractivity contribution in [3.8, 4) is 0 Å². The van der Waals surface area contributed by atoms with Crippen molar-refractivity contribution >= 4 is 45.5 Å². The van der Waals surface area contributed by atoms with E-state index < -0.39 is 5.25 Å². The maximum Gasteiger partial charge on any atom is 0.237 e. The van der Waals surface area contributed by atoms with Crippen LogP contribution in [0.3, 0.4) is 0 Å². The highest BCUT2D eigenvalue weighted by molar-refractivity contribution is 8.02. The molecule has 2 aromatic carbocycles. The van der Waals surface area contributed by atoms with E-state index in [1.165, 1.54) is 59.5 Å². The first kappa shape index (κ1) is 18.3. The van der Waals surface area contributed by atoms with Gasteiger partial charge in [0.25, 0.3) is 0 Å². The topological polar surface area (TPSA) is 66.9 Å². The Morgan fingerprint density at radius 3 is 2.58 bits per heavy atom. The third-order valence-electron chi connectivity index (χ3n) is 3.24. The third-order valence-corrected chi connectivity index (χ3v) is 5.26. The first-order valence-corrected chi connectivity index (χ1v) is 9.28. The van der Waals surface area contributed by atoms with E-state index in [1.807, 2.05) is 0 Å². The lowest BCUT2D eigenvalue weighted by Gasteiger charge is -2.10. The van der Waals surface area contributed by atoms with Crippen molar-refractivity contribution in [1.82, 2.24) is 10.2 Å².